The fraction of sp³-hybridized carbons (Fsp3) is 0.333. The van der Waals surface area contributed by atoms with Gasteiger partial charge in [0, 0.05) is 18.0 Å². The number of benzene rings is 2. The third kappa shape index (κ3) is 6.21. The Morgan fingerprint density at radius 3 is 2.38 bits per heavy atom. The van der Waals surface area contributed by atoms with Crippen LogP contribution in [-0.2, 0) is 16.0 Å². The minimum atomic E-state index is -0.213. The highest BCUT2D eigenvalue weighted by atomic mass is 16.3. The average molecular weight is 393 g/mol. The van der Waals surface area contributed by atoms with Gasteiger partial charge in [-0.2, -0.15) is 0 Å². The molecule has 0 spiro atoms. The highest BCUT2D eigenvalue weighted by Gasteiger charge is 2.20. The first kappa shape index (κ1) is 20.6. The van der Waals surface area contributed by atoms with Gasteiger partial charge in [-0.25, -0.2) is 0 Å². The third-order valence-electron chi connectivity index (χ3n) is 5.32. The van der Waals surface area contributed by atoms with E-state index in [-0.39, 0.29) is 29.1 Å². The molecule has 5 heteroatoms. The van der Waals surface area contributed by atoms with Crippen LogP contribution in [0.1, 0.15) is 49.7 Å². The van der Waals surface area contributed by atoms with Gasteiger partial charge in [-0.05, 0) is 60.7 Å². The molecule has 1 aliphatic rings. The summed E-state index contributed by atoms with van der Waals surface area (Å²) in [6, 6.07) is 12.1. The SMILES string of the molecule is O=C(/C=C/c1ccc(O)c(O)c1)CCc1ccc(NC(=O)C2CCCCC2)cc1. The summed E-state index contributed by atoms with van der Waals surface area (Å²) < 4.78 is 0. The highest BCUT2D eigenvalue weighted by Crippen LogP contribution is 2.26. The number of aromatic hydroxyl groups is 2. The summed E-state index contributed by atoms with van der Waals surface area (Å²) in [4.78, 5) is 24.4. The molecular formula is C24H27NO4. The van der Waals surface area contributed by atoms with E-state index in [1.165, 1.54) is 24.6 Å². The molecule has 0 aliphatic heterocycles. The van der Waals surface area contributed by atoms with Crippen molar-refractivity contribution in [2.24, 2.45) is 5.92 Å². The molecule has 0 atom stereocenters. The molecule has 3 N–H and O–H groups in total. The monoisotopic (exact) mass is 393 g/mol. The van der Waals surface area contributed by atoms with Crippen LogP contribution in [0.3, 0.4) is 0 Å². The Balaban J connectivity index is 1.46. The molecule has 0 heterocycles. The van der Waals surface area contributed by atoms with E-state index in [0.29, 0.717) is 18.4 Å². The fourth-order valence-electron chi connectivity index (χ4n) is 3.55. The number of rotatable bonds is 7. The number of ketones is 1. The zero-order valence-electron chi connectivity index (χ0n) is 16.4. The van der Waals surface area contributed by atoms with E-state index in [1.807, 2.05) is 24.3 Å². The molecule has 1 aliphatic carbocycles. The number of allylic oxidation sites excluding steroid dienone is 1. The van der Waals surface area contributed by atoms with Crippen molar-refractivity contribution in [2.45, 2.75) is 44.9 Å². The number of anilines is 1. The van der Waals surface area contributed by atoms with Gasteiger partial charge in [0.1, 0.15) is 0 Å². The highest BCUT2D eigenvalue weighted by molar-refractivity contribution is 5.94. The first-order chi connectivity index (χ1) is 14.0. The quantitative estimate of drug-likeness (QED) is 0.464. The van der Waals surface area contributed by atoms with Crippen molar-refractivity contribution in [1.82, 2.24) is 0 Å². The number of hydrogen-bond acceptors (Lipinski definition) is 4. The second-order valence-corrected chi connectivity index (χ2v) is 7.57. The second-order valence-electron chi connectivity index (χ2n) is 7.57. The van der Waals surface area contributed by atoms with Gasteiger partial charge >= 0.3 is 0 Å². The maximum atomic E-state index is 12.3. The summed E-state index contributed by atoms with van der Waals surface area (Å²) >= 11 is 0. The summed E-state index contributed by atoms with van der Waals surface area (Å²) in [5, 5.41) is 21.8. The number of phenols is 2. The van der Waals surface area contributed by atoms with E-state index in [2.05, 4.69) is 5.32 Å². The van der Waals surface area contributed by atoms with Crippen molar-refractivity contribution >= 4 is 23.5 Å². The van der Waals surface area contributed by atoms with Crippen LogP contribution < -0.4 is 5.32 Å². The number of aryl methyl sites for hydroxylation is 1. The Morgan fingerprint density at radius 2 is 1.69 bits per heavy atom. The lowest BCUT2D eigenvalue weighted by molar-refractivity contribution is -0.120. The van der Waals surface area contributed by atoms with E-state index in [4.69, 9.17) is 0 Å². The maximum Gasteiger partial charge on any atom is 0.227 e. The molecule has 1 saturated carbocycles. The minimum Gasteiger partial charge on any atom is -0.504 e. The van der Waals surface area contributed by atoms with Crippen LogP contribution in [0.15, 0.2) is 48.5 Å². The fourth-order valence-corrected chi connectivity index (χ4v) is 3.55. The normalized spacial score (nSPS) is 14.8. The lowest BCUT2D eigenvalue weighted by Crippen LogP contribution is -2.24. The summed E-state index contributed by atoms with van der Waals surface area (Å²) in [6.45, 7) is 0. The first-order valence-corrected chi connectivity index (χ1v) is 10.1. The number of phenolic OH excluding ortho intramolecular Hbond substituents is 2. The maximum absolute atomic E-state index is 12.3. The molecule has 152 valence electrons. The molecule has 0 aromatic heterocycles. The molecule has 5 nitrogen and oxygen atoms in total. The van der Waals surface area contributed by atoms with Crippen molar-refractivity contribution in [3.05, 3.63) is 59.7 Å². The van der Waals surface area contributed by atoms with Gasteiger partial charge in [0.05, 0.1) is 0 Å². The molecule has 2 aromatic carbocycles. The standard InChI is InChI=1S/C24H27NO4/c26-21(14-9-18-10-15-22(27)23(28)16-18)13-8-17-6-11-20(12-7-17)25-24(29)19-4-2-1-3-5-19/h6-7,9-12,14-16,19,27-28H,1-5,8,13H2,(H,25,29)/b14-9+. The van der Waals surface area contributed by atoms with Gasteiger partial charge in [0.25, 0.3) is 0 Å². The van der Waals surface area contributed by atoms with Gasteiger partial charge < -0.3 is 15.5 Å². The zero-order valence-corrected chi connectivity index (χ0v) is 16.4. The molecule has 1 amide bonds. The van der Waals surface area contributed by atoms with Crippen molar-refractivity contribution in [3.63, 3.8) is 0 Å². The molecule has 2 aromatic rings. The Morgan fingerprint density at radius 1 is 0.966 bits per heavy atom. The molecular weight excluding hydrogens is 366 g/mol. The molecule has 3 rings (SSSR count). The summed E-state index contributed by atoms with van der Waals surface area (Å²) in [6.07, 6.45) is 9.52. The number of carbonyl (C=O) groups is 2. The van der Waals surface area contributed by atoms with Crippen LogP contribution in [0.5, 0.6) is 11.5 Å². The van der Waals surface area contributed by atoms with Crippen LogP contribution in [0.4, 0.5) is 5.69 Å². The summed E-state index contributed by atoms with van der Waals surface area (Å²) in [7, 11) is 0. The molecule has 0 radical (unpaired) electrons. The number of carbonyl (C=O) groups excluding carboxylic acids is 2. The van der Waals surface area contributed by atoms with Crippen molar-refractivity contribution < 1.29 is 19.8 Å². The summed E-state index contributed by atoms with van der Waals surface area (Å²) in [5.41, 5.74) is 2.47. The largest absolute Gasteiger partial charge is 0.504 e. The van der Waals surface area contributed by atoms with Gasteiger partial charge in [-0.15, -0.1) is 0 Å². The minimum absolute atomic E-state index is 0.0211. The van der Waals surface area contributed by atoms with Crippen molar-refractivity contribution in [3.8, 4) is 11.5 Å². The Hall–Kier alpha value is -3.08. The van der Waals surface area contributed by atoms with Crippen LogP contribution in [0.25, 0.3) is 6.08 Å². The zero-order chi connectivity index (χ0) is 20.6. The van der Waals surface area contributed by atoms with Gasteiger partial charge in [-0.1, -0.05) is 43.5 Å². The topological polar surface area (TPSA) is 86.6 Å². The van der Waals surface area contributed by atoms with E-state index < -0.39 is 0 Å². The molecule has 0 saturated heterocycles. The average Bonchev–Trinajstić information content (AvgIpc) is 2.74. The number of hydrogen-bond donors (Lipinski definition) is 3. The molecule has 0 unspecified atom stereocenters. The summed E-state index contributed by atoms with van der Waals surface area (Å²) in [5.74, 6) is -0.185. The van der Waals surface area contributed by atoms with Gasteiger partial charge in [0.2, 0.25) is 5.91 Å². The Labute approximate surface area is 171 Å². The predicted molar refractivity (Wildman–Crippen MR) is 114 cm³/mol. The first-order valence-electron chi connectivity index (χ1n) is 10.1. The van der Waals surface area contributed by atoms with E-state index >= 15 is 0 Å². The Bertz CT molecular complexity index is 880. The van der Waals surface area contributed by atoms with Gasteiger partial charge in [-0.3, -0.25) is 9.59 Å². The number of amides is 1. The van der Waals surface area contributed by atoms with Crippen LogP contribution in [-0.4, -0.2) is 21.9 Å². The van der Waals surface area contributed by atoms with Crippen molar-refractivity contribution in [1.29, 1.82) is 0 Å². The molecule has 0 bridgehead atoms. The van der Waals surface area contributed by atoms with E-state index in [9.17, 15) is 19.8 Å². The number of nitrogens with one attached hydrogen (secondary N) is 1. The van der Waals surface area contributed by atoms with Crippen LogP contribution in [0, 0.1) is 5.92 Å². The van der Waals surface area contributed by atoms with E-state index in [1.54, 1.807) is 12.1 Å². The second kappa shape index (κ2) is 9.92. The molecule has 1 fully saturated rings. The molecule has 29 heavy (non-hydrogen) atoms. The predicted octanol–water partition coefficient (Wildman–Crippen LogP) is 4.83. The van der Waals surface area contributed by atoms with Gasteiger partial charge in [0.15, 0.2) is 17.3 Å². The lowest BCUT2D eigenvalue weighted by Gasteiger charge is -2.20. The van der Waals surface area contributed by atoms with E-state index in [0.717, 1.165) is 36.9 Å². The van der Waals surface area contributed by atoms with Crippen LogP contribution >= 0.6 is 0 Å². The smallest absolute Gasteiger partial charge is 0.227 e. The Kier molecular flexibility index (Phi) is 7.06. The lowest BCUT2D eigenvalue weighted by atomic mass is 9.88. The third-order valence-corrected chi connectivity index (χ3v) is 5.32. The van der Waals surface area contributed by atoms with Crippen molar-refractivity contribution in [2.75, 3.05) is 5.32 Å². The van der Waals surface area contributed by atoms with Crippen LogP contribution in [0.2, 0.25) is 0 Å².